The van der Waals surface area contributed by atoms with E-state index >= 15 is 0 Å². The molecule has 0 saturated heterocycles. The standard InChI is InChI=1S/C17H16ClN3OS/c1-10-3-2-4-12-14(10)15(18)16(23-12)17(22)20-11-5-6-13-19-7-8-21(13)9-11/h2-4,7-8,11H,5-6,9H2,1H3,(H,20,22)/t11-/m1/s1. The van der Waals surface area contributed by atoms with Crippen LogP contribution >= 0.6 is 22.9 Å². The zero-order valence-corrected chi connectivity index (χ0v) is 14.2. The summed E-state index contributed by atoms with van der Waals surface area (Å²) in [5.41, 5.74) is 1.10. The number of fused-ring (bicyclic) bond motifs is 2. The van der Waals surface area contributed by atoms with E-state index in [1.165, 1.54) is 11.3 Å². The van der Waals surface area contributed by atoms with Crippen molar-refractivity contribution >= 4 is 38.9 Å². The van der Waals surface area contributed by atoms with Gasteiger partial charge in [-0.1, -0.05) is 23.7 Å². The van der Waals surface area contributed by atoms with Gasteiger partial charge in [0.2, 0.25) is 0 Å². The predicted molar refractivity (Wildman–Crippen MR) is 93.4 cm³/mol. The van der Waals surface area contributed by atoms with E-state index in [0.717, 1.165) is 40.9 Å². The molecule has 4 nitrogen and oxygen atoms in total. The van der Waals surface area contributed by atoms with Crippen molar-refractivity contribution in [3.63, 3.8) is 0 Å². The molecule has 1 aliphatic rings. The van der Waals surface area contributed by atoms with Crippen molar-refractivity contribution in [2.75, 3.05) is 0 Å². The monoisotopic (exact) mass is 345 g/mol. The minimum atomic E-state index is -0.0795. The van der Waals surface area contributed by atoms with Crippen LogP contribution in [0.2, 0.25) is 5.02 Å². The Bertz CT molecular complexity index is 899. The molecule has 1 amide bonds. The Morgan fingerprint density at radius 3 is 3.17 bits per heavy atom. The molecule has 0 saturated carbocycles. The number of thiophene rings is 1. The number of halogens is 1. The van der Waals surface area contributed by atoms with E-state index < -0.39 is 0 Å². The Morgan fingerprint density at radius 1 is 1.48 bits per heavy atom. The molecule has 0 unspecified atom stereocenters. The third kappa shape index (κ3) is 2.54. The number of nitrogens with one attached hydrogen (secondary N) is 1. The molecule has 4 rings (SSSR count). The normalized spacial score (nSPS) is 17.2. The zero-order valence-electron chi connectivity index (χ0n) is 12.7. The molecule has 1 N–H and O–H groups in total. The van der Waals surface area contributed by atoms with Gasteiger partial charge in [-0.3, -0.25) is 4.79 Å². The van der Waals surface area contributed by atoms with Gasteiger partial charge in [0.15, 0.2) is 0 Å². The summed E-state index contributed by atoms with van der Waals surface area (Å²) in [6, 6.07) is 6.14. The quantitative estimate of drug-likeness (QED) is 0.767. The van der Waals surface area contributed by atoms with Gasteiger partial charge in [0, 0.05) is 41.5 Å². The van der Waals surface area contributed by atoms with Crippen molar-refractivity contribution in [2.24, 2.45) is 0 Å². The fourth-order valence-electron chi connectivity index (χ4n) is 3.16. The highest BCUT2D eigenvalue weighted by atomic mass is 35.5. The summed E-state index contributed by atoms with van der Waals surface area (Å²) in [6.07, 6.45) is 5.57. The van der Waals surface area contributed by atoms with Crippen LogP contribution in [0.4, 0.5) is 0 Å². The molecule has 3 heterocycles. The summed E-state index contributed by atoms with van der Waals surface area (Å²) in [6.45, 7) is 2.78. The van der Waals surface area contributed by atoms with Crippen molar-refractivity contribution in [2.45, 2.75) is 32.4 Å². The number of aryl methyl sites for hydroxylation is 2. The van der Waals surface area contributed by atoms with Crippen molar-refractivity contribution in [3.8, 4) is 0 Å². The first kappa shape index (κ1) is 14.7. The highest BCUT2D eigenvalue weighted by Crippen LogP contribution is 2.37. The lowest BCUT2D eigenvalue weighted by Gasteiger charge is -2.24. The Balaban J connectivity index is 1.58. The lowest BCUT2D eigenvalue weighted by atomic mass is 10.1. The van der Waals surface area contributed by atoms with Gasteiger partial charge < -0.3 is 9.88 Å². The van der Waals surface area contributed by atoms with Gasteiger partial charge in [-0.15, -0.1) is 11.3 Å². The number of aromatic nitrogens is 2. The minimum absolute atomic E-state index is 0.0795. The average Bonchev–Trinajstić information content (AvgIpc) is 3.12. The maximum absolute atomic E-state index is 12.7. The molecular weight excluding hydrogens is 330 g/mol. The van der Waals surface area contributed by atoms with E-state index in [1.807, 2.05) is 37.5 Å². The van der Waals surface area contributed by atoms with E-state index in [1.54, 1.807) is 0 Å². The number of carbonyl (C=O) groups is 1. The topological polar surface area (TPSA) is 46.9 Å². The largest absolute Gasteiger partial charge is 0.347 e. The summed E-state index contributed by atoms with van der Waals surface area (Å²) in [5, 5.41) is 4.69. The van der Waals surface area contributed by atoms with Crippen molar-refractivity contribution < 1.29 is 4.79 Å². The Labute approximate surface area is 143 Å². The smallest absolute Gasteiger partial charge is 0.263 e. The number of imidazole rings is 1. The van der Waals surface area contributed by atoms with Gasteiger partial charge >= 0.3 is 0 Å². The van der Waals surface area contributed by atoms with E-state index in [-0.39, 0.29) is 11.9 Å². The lowest BCUT2D eigenvalue weighted by molar-refractivity contribution is 0.0932. The van der Waals surface area contributed by atoms with Gasteiger partial charge in [0.05, 0.1) is 5.02 Å². The Morgan fingerprint density at radius 2 is 2.35 bits per heavy atom. The maximum Gasteiger partial charge on any atom is 0.263 e. The van der Waals surface area contributed by atoms with Gasteiger partial charge in [-0.05, 0) is 25.0 Å². The molecule has 1 aromatic carbocycles. The van der Waals surface area contributed by atoms with Crippen LogP contribution < -0.4 is 5.32 Å². The van der Waals surface area contributed by atoms with Gasteiger partial charge in [0.1, 0.15) is 10.7 Å². The molecular formula is C17H16ClN3OS. The fourth-order valence-corrected chi connectivity index (χ4v) is 4.74. The summed E-state index contributed by atoms with van der Waals surface area (Å²) >= 11 is 7.93. The molecule has 23 heavy (non-hydrogen) atoms. The van der Waals surface area contributed by atoms with Crippen LogP contribution in [0, 0.1) is 6.92 Å². The lowest BCUT2D eigenvalue weighted by Crippen LogP contribution is -2.40. The van der Waals surface area contributed by atoms with E-state index in [9.17, 15) is 4.79 Å². The van der Waals surface area contributed by atoms with Crippen molar-refractivity contribution in [1.82, 2.24) is 14.9 Å². The molecule has 0 aliphatic carbocycles. The number of rotatable bonds is 2. The van der Waals surface area contributed by atoms with E-state index in [4.69, 9.17) is 11.6 Å². The van der Waals surface area contributed by atoms with E-state index in [0.29, 0.717) is 9.90 Å². The Hall–Kier alpha value is -1.85. The number of hydrogen-bond acceptors (Lipinski definition) is 3. The fraction of sp³-hybridized carbons (Fsp3) is 0.294. The average molecular weight is 346 g/mol. The number of amides is 1. The summed E-state index contributed by atoms with van der Waals surface area (Å²) in [5.74, 6) is 1.01. The van der Waals surface area contributed by atoms with Crippen molar-refractivity contribution in [1.29, 1.82) is 0 Å². The number of hydrogen-bond donors (Lipinski definition) is 1. The molecule has 0 bridgehead atoms. The molecule has 1 atom stereocenters. The first-order chi connectivity index (χ1) is 11.1. The van der Waals surface area contributed by atoms with Crippen LogP contribution in [-0.4, -0.2) is 21.5 Å². The molecule has 118 valence electrons. The third-order valence-corrected chi connectivity index (χ3v) is 5.99. The van der Waals surface area contributed by atoms with Gasteiger partial charge in [-0.2, -0.15) is 0 Å². The predicted octanol–water partition coefficient (Wildman–Crippen LogP) is 3.80. The highest BCUT2D eigenvalue weighted by Gasteiger charge is 2.24. The highest BCUT2D eigenvalue weighted by molar-refractivity contribution is 7.21. The van der Waals surface area contributed by atoms with Gasteiger partial charge in [0.25, 0.3) is 5.91 Å². The van der Waals surface area contributed by atoms with Gasteiger partial charge in [-0.25, -0.2) is 4.98 Å². The molecule has 2 aromatic heterocycles. The first-order valence-electron chi connectivity index (χ1n) is 7.62. The summed E-state index contributed by atoms with van der Waals surface area (Å²) in [4.78, 5) is 17.6. The summed E-state index contributed by atoms with van der Waals surface area (Å²) in [7, 11) is 0. The third-order valence-electron chi connectivity index (χ3n) is 4.34. The SMILES string of the molecule is Cc1cccc2sc(C(=O)N[C@@H]3CCc4nccn4C3)c(Cl)c12. The first-order valence-corrected chi connectivity index (χ1v) is 8.81. The van der Waals surface area contributed by atoms with Crippen LogP contribution in [0.1, 0.15) is 27.5 Å². The van der Waals surface area contributed by atoms with Crippen LogP contribution in [-0.2, 0) is 13.0 Å². The second kappa shape index (κ2) is 5.65. The summed E-state index contributed by atoms with van der Waals surface area (Å²) < 4.78 is 3.16. The van der Waals surface area contributed by atoms with E-state index in [2.05, 4.69) is 14.9 Å². The van der Waals surface area contributed by atoms with Crippen LogP contribution in [0.3, 0.4) is 0 Å². The van der Waals surface area contributed by atoms with Crippen LogP contribution in [0.25, 0.3) is 10.1 Å². The van der Waals surface area contributed by atoms with Crippen LogP contribution in [0.15, 0.2) is 30.6 Å². The zero-order chi connectivity index (χ0) is 16.0. The number of nitrogens with zero attached hydrogens (tertiary/aromatic N) is 2. The molecule has 1 aliphatic heterocycles. The number of carbonyl (C=O) groups excluding carboxylic acids is 1. The second-order valence-electron chi connectivity index (χ2n) is 5.90. The molecule has 3 aromatic rings. The second-order valence-corrected chi connectivity index (χ2v) is 7.33. The van der Waals surface area contributed by atoms with Crippen LogP contribution in [0.5, 0.6) is 0 Å². The molecule has 0 fully saturated rings. The molecule has 0 radical (unpaired) electrons. The number of benzene rings is 1. The Kier molecular flexibility index (Phi) is 3.62. The van der Waals surface area contributed by atoms with Crippen molar-refractivity contribution in [3.05, 3.63) is 51.9 Å². The minimum Gasteiger partial charge on any atom is -0.347 e. The maximum atomic E-state index is 12.7. The molecule has 6 heteroatoms. The molecule has 0 spiro atoms.